The molecule has 0 aromatic heterocycles. The lowest BCUT2D eigenvalue weighted by molar-refractivity contribution is -0.385. The van der Waals surface area contributed by atoms with E-state index in [0.29, 0.717) is 0 Å². The summed E-state index contributed by atoms with van der Waals surface area (Å²) in [5.41, 5.74) is 11.9. The molecule has 12 nitrogen and oxygen atoms in total. The van der Waals surface area contributed by atoms with Crippen LogP contribution in [-0.4, -0.2) is 33.2 Å². The van der Waals surface area contributed by atoms with Crippen molar-refractivity contribution in [1.82, 2.24) is 0 Å². The number of primary amides is 2. The maximum absolute atomic E-state index is 13.4. The van der Waals surface area contributed by atoms with Crippen LogP contribution >= 0.6 is 0 Å². The van der Waals surface area contributed by atoms with Gasteiger partial charge in [0.15, 0.2) is 11.6 Å². The van der Waals surface area contributed by atoms with Crippen LogP contribution in [0.4, 0.5) is 11.4 Å². The van der Waals surface area contributed by atoms with Crippen molar-refractivity contribution in [2.75, 3.05) is 0 Å². The van der Waals surface area contributed by atoms with Crippen molar-refractivity contribution in [3.63, 3.8) is 0 Å². The number of carbonyl (C=O) groups excluding carboxylic acids is 4. The predicted octanol–water partition coefficient (Wildman–Crippen LogP) is 3.95. The standard InChI is InChI=1S/C30H22N4O8/c31-29(37)25-5-1-3-23(27(35)17-7-11-19(12-8-17)33(39)40)21(25)15-16-22-24(4-2-6-26(22)30(32)38)28(36)18-9-13-20(14-10-18)34(41)42/h1-14H,15-16H2,(H2,31,37)(H2,32,38). The van der Waals surface area contributed by atoms with Crippen LogP contribution in [0, 0.1) is 20.2 Å². The third-order valence-electron chi connectivity index (χ3n) is 6.68. The van der Waals surface area contributed by atoms with Crippen LogP contribution in [-0.2, 0) is 12.8 Å². The maximum Gasteiger partial charge on any atom is 0.269 e. The Labute approximate surface area is 237 Å². The summed E-state index contributed by atoms with van der Waals surface area (Å²) >= 11 is 0. The van der Waals surface area contributed by atoms with Gasteiger partial charge in [-0.2, -0.15) is 0 Å². The minimum Gasteiger partial charge on any atom is -0.366 e. The molecule has 4 aromatic carbocycles. The number of benzene rings is 4. The van der Waals surface area contributed by atoms with Gasteiger partial charge in [-0.15, -0.1) is 0 Å². The van der Waals surface area contributed by atoms with Gasteiger partial charge in [0.2, 0.25) is 11.8 Å². The smallest absolute Gasteiger partial charge is 0.269 e. The number of nitro groups is 2. The largest absolute Gasteiger partial charge is 0.366 e. The Morgan fingerprint density at radius 1 is 0.524 bits per heavy atom. The van der Waals surface area contributed by atoms with Gasteiger partial charge in [0.25, 0.3) is 11.4 Å². The lowest BCUT2D eigenvalue weighted by Gasteiger charge is -2.16. The first-order valence-corrected chi connectivity index (χ1v) is 12.4. The normalized spacial score (nSPS) is 10.6. The Morgan fingerprint density at radius 3 is 1.12 bits per heavy atom. The first-order valence-electron chi connectivity index (χ1n) is 12.4. The van der Waals surface area contributed by atoms with Crippen LogP contribution in [0.3, 0.4) is 0 Å². The Morgan fingerprint density at radius 2 is 0.833 bits per heavy atom. The van der Waals surface area contributed by atoms with Gasteiger partial charge in [0, 0.05) is 57.6 Å². The lowest BCUT2D eigenvalue weighted by atomic mass is 9.87. The summed E-state index contributed by atoms with van der Waals surface area (Å²) in [5, 5.41) is 22.0. The zero-order chi connectivity index (χ0) is 30.6. The molecule has 0 aliphatic heterocycles. The maximum atomic E-state index is 13.4. The summed E-state index contributed by atoms with van der Waals surface area (Å²) in [4.78, 5) is 72.4. The van der Waals surface area contributed by atoms with E-state index >= 15 is 0 Å². The van der Waals surface area contributed by atoms with Crippen LogP contribution in [0.25, 0.3) is 0 Å². The zero-order valence-electron chi connectivity index (χ0n) is 21.8. The first kappa shape index (κ1) is 29.0. The predicted molar refractivity (Wildman–Crippen MR) is 150 cm³/mol. The monoisotopic (exact) mass is 566 g/mol. The summed E-state index contributed by atoms with van der Waals surface area (Å²) in [6.07, 6.45) is -0.0317. The topological polar surface area (TPSA) is 207 Å². The number of amides is 2. The van der Waals surface area contributed by atoms with Gasteiger partial charge in [0.05, 0.1) is 9.85 Å². The molecule has 0 radical (unpaired) electrons. The number of nitrogens with two attached hydrogens (primary N) is 2. The van der Waals surface area contributed by atoms with Crippen molar-refractivity contribution in [2.45, 2.75) is 12.8 Å². The molecule has 0 spiro atoms. The number of hydrogen-bond acceptors (Lipinski definition) is 8. The van der Waals surface area contributed by atoms with Crippen molar-refractivity contribution in [2.24, 2.45) is 11.5 Å². The third-order valence-corrected chi connectivity index (χ3v) is 6.68. The van der Waals surface area contributed by atoms with Crippen LogP contribution in [0.5, 0.6) is 0 Å². The second-order valence-electron chi connectivity index (χ2n) is 9.16. The summed E-state index contributed by atoms with van der Waals surface area (Å²) in [6.45, 7) is 0. The van der Waals surface area contributed by atoms with E-state index in [4.69, 9.17) is 11.5 Å². The van der Waals surface area contributed by atoms with E-state index < -0.39 is 33.2 Å². The highest BCUT2D eigenvalue weighted by Gasteiger charge is 2.23. The molecule has 0 saturated heterocycles. The number of hydrogen-bond donors (Lipinski definition) is 2. The minimum absolute atomic E-state index is 0.0159. The number of nitrogens with zero attached hydrogens (tertiary/aromatic N) is 2. The highest BCUT2D eigenvalue weighted by atomic mass is 16.6. The van der Waals surface area contributed by atoms with Crippen molar-refractivity contribution < 1.29 is 29.0 Å². The van der Waals surface area contributed by atoms with Gasteiger partial charge in [-0.1, -0.05) is 24.3 Å². The molecule has 4 aromatic rings. The minimum atomic E-state index is -0.811. The molecule has 2 amide bonds. The highest BCUT2D eigenvalue weighted by molar-refractivity contribution is 6.12. The van der Waals surface area contributed by atoms with Crippen molar-refractivity contribution in [1.29, 1.82) is 0 Å². The molecule has 0 bridgehead atoms. The van der Waals surface area contributed by atoms with Gasteiger partial charge in [-0.3, -0.25) is 39.4 Å². The molecular weight excluding hydrogens is 544 g/mol. The average Bonchev–Trinajstić information content (AvgIpc) is 2.98. The molecule has 0 fully saturated rings. The third kappa shape index (κ3) is 5.92. The molecule has 0 aliphatic carbocycles. The van der Waals surface area contributed by atoms with E-state index in [-0.39, 0.29) is 68.7 Å². The Balaban J connectivity index is 1.76. The van der Waals surface area contributed by atoms with Crippen molar-refractivity contribution in [3.05, 3.63) is 150 Å². The van der Waals surface area contributed by atoms with Gasteiger partial charge >= 0.3 is 0 Å². The number of ketones is 2. The van der Waals surface area contributed by atoms with Crippen molar-refractivity contribution >= 4 is 34.8 Å². The lowest BCUT2D eigenvalue weighted by Crippen LogP contribution is -2.20. The molecular formula is C30H22N4O8. The van der Waals surface area contributed by atoms with Gasteiger partial charge in [-0.25, -0.2) is 0 Å². The summed E-state index contributed by atoms with van der Waals surface area (Å²) in [6, 6.07) is 18.7. The molecule has 4 rings (SSSR count). The van der Waals surface area contributed by atoms with E-state index in [1.165, 1.54) is 84.9 Å². The Kier molecular flexibility index (Phi) is 8.27. The fourth-order valence-electron chi connectivity index (χ4n) is 4.63. The number of nitro benzene ring substituents is 2. The molecule has 0 aliphatic rings. The Hall–Kier alpha value is -6.04. The fourth-order valence-corrected chi connectivity index (χ4v) is 4.63. The zero-order valence-corrected chi connectivity index (χ0v) is 21.8. The summed E-state index contributed by atoms with van der Waals surface area (Å²) in [7, 11) is 0. The molecule has 42 heavy (non-hydrogen) atoms. The van der Waals surface area contributed by atoms with E-state index in [9.17, 15) is 39.4 Å². The van der Waals surface area contributed by atoms with Crippen LogP contribution < -0.4 is 11.5 Å². The number of non-ortho nitro benzene ring substituents is 2. The molecule has 12 heteroatoms. The molecule has 0 saturated carbocycles. The van der Waals surface area contributed by atoms with Crippen LogP contribution in [0.15, 0.2) is 84.9 Å². The van der Waals surface area contributed by atoms with E-state index in [1.54, 1.807) is 0 Å². The summed E-state index contributed by atoms with van der Waals surface area (Å²) in [5.74, 6) is -2.66. The first-order chi connectivity index (χ1) is 20.0. The quantitative estimate of drug-likeness (QED) is 0.154. The van der Waals surface area contributed by atoms with E-state index in [0.717, 1.165) is 0 Å². The summed E-state index contributed by atoms with van der Waals surface area (Å²) < 4.78 is 0. The van der Waals surface area contributed by atoms with Gasteiger partial charge in [-0.05, 0) is 60.4 Å². The van der Waals surface area contributed by atoms with Crippen molar-refractivity contribution in [3.8, 4) is 0 Å². The van der Waals surface area contributed by atoms with Crippen LogP contribution in [0.1, 0.15) is 63.7 Å². The second kappa shape index (κ2) is 12.0. The molecule has 4 N–H and O–H groups in total. The SMILES string of the molecule is NC(=O)c1cccc(C(=O)c2ccc([N+](=O)[O-])cc2)c1CCc1c(C(N)=O)cccc1C(=O)c1ccc([N+](=O)[O-])cc1. The van der Waals surface area contributed by atoms with E-state index in [2.05, 4.69) is 0 Å². The molecule has 0 unspecified atom stereocenters. The number of carbonyl (C=O) groups is 4. The molecule has 0 heterocycles. The molecule has 0 atom stereocenters. The highest BCUT2D eigenvalue weighted by Crippen LogP contribution is 2.26. The van der Waals surface area contributed by atoms with Gasteiger partial charge in [0.1, 0.15) is 0 Å². The average molecular weight is 567 g/mol. The number of rotatable bonds is 11. The van der Waals surface area contributed by atoms with Crippen LogP contribution in [0.2, 0.25) is 0 Å². The Bertz CT molecular complexity index is 1630. The fraction of sp³-hybridized carbons (Fsp3) is 0.0667. The van der Waals surface area contributed by atoms with E-state index in [1.807, 2.05) is 0 Å². The molecule has 210 valence electrons. The second-order valence-corrected chi connectivity index (χ2v) is 9.16. The van der Waals surface area contributed by atoms with Gasteiger partial charge < -0.3 is 11.5 Å².